The van der Waals surface area contributed by atoms with Crippen LogP contribution in [0.25, 0.3) is 0 Å². The first-order valence-corrected chi connectivity index (χ1v) is 6.67. The molecule has 0 fully saturated rings. The molecule has 0 atom stereocenters. The highest BCUT2D eigenvalue weighted by atomic mass is 79.9. The van der Waals surface area contributed by atoms with Crippen molar-refractivity contribution in [3.05, 3.63) is 62.8 Å². The fourth-order valence-electron chi connectivity index (χ4n) is 1.59. The summed E-state index contributed by atoms with van der Waals surface area (Å²) >= 11 is 9.10. The fraction of sp³-hybridized carbons (Fsp3) is 0.0714. The van der Waals surface area contributed by atoms with Gasteiger partial charge in [0.1, 0.15) is 5.82 Å². The molecule has 0 radical (unpaired) electrons. The molecule has 1 amide bonds. The van der Waals surface area contributed by atoms with Crippen molar-refractivity contribution in [1.29, 1.82) is 0 Å². The van der Waals surface area contributed by atoms with Crippen molar-refractivity contribution in [3.63, 3.8) is 0 Å². The van der Waals surface area contributed by atoms with Crippen LogP contribution in [-0.2, 0) is 0 Å². The Morgan fingerprint density at radius 2 is 2.00 bits per heavy atom. The van der Waals surface area contributed by atoms with Crippen molar-refractivity contribution < 1.29 is 9.18 Å². The Hall–Kier alpha value is -1.39. The minimum absolute atomic E-state index is 0.283. The predicted octanol–water partition coefficient (Wildman–Crippen LogP) is 4.80. The van der Waals surface area contributed by atoms with Gasteiger partial charge >= 0.3 is 0 Å². The molecule has 2 aromatic rings. The number of carbonyl (C=O) groups excluding carboxylic acids is 1. The number of benzene rings is 2. The van der Waals surface area contributed by atoms with E-state index in [4.69, 9.17) is 11.6 Å². The Balaban J connectivity index is 2.23. The molecule has 0 saturated heterocycles. The highest BCUT2D eigenvalue weighted by molar-refractivity contribution is 9.10. The van der Waals surface area contributed by atoms with E-state index < -0.39 is 0 Å². The number of anilines is 1. The van der Waals surface area contributed by atoms with E-state index in [1.54, 1.807) is 31.2 Å². The second-order valence-corrected chi connectivity index (χ2v) is 5.33. The Bertz CT molecular complexity index is 645. The highest BCUT2D eigenvalue weighted by Gasteiger charge is 2.11. The minimum Gasteiger partial charge on any atom is -0.322 e. The summed E-state index contributed by atoms with van der Waals surface area (Å²) in [6.07, 6.45) is 0. The van der Waals surface area contributed by atoms with Crippen LogP contribution in [0.15, 0.2) is 40.9 Å². The van der Waals surface area contributed by atoms with Gasteiger partial charge in [0.15, 0.2) is 0 Å². The number of rotatable bonds is 2. The monoisotopic (exact) mass is 341 g/mol. The second kappa shape index (κ2) is 5.72. The number of halogens is 3. The standard InChI is InChI=1S/C14H10BrClFNO/c1-8-6-10(3-5-13(8)17)18-14(19)11-4-2-9(16)7-12(11)15/h2-7H,1H3,(H,18,19). The first-order chi connectivity index (χ1) is 8.97. The van der Waals surface area contributed by atoms with Crippen LogP contribution in [-0.4, -0.2) is 5.91 Å². The van der Waals surface area contributed by atoms with Gasteiger partial charge in [-0.15, -0.1) is 0 Å². The zero-order valence-corrected chi connectivity index (χ0v) is 12.3. The smallest absolute Gasteiger partial charge is 0.256 e. The van der Waals surface area contributed by atoms with Crippen LogP contribution in [0.1, 0.15) is 15.9 Å². The van der Waals surface area contributed by atoms with E-state index in [0.29, 0.717) is 26.3 Å². The average Bonchev–Trinajstić information content (AvgIpc) is 2.33. The van der Waals surface area contributed by atoms with Gasteiger partial charge in [-0.2, -0.15) is 0 Å². The van der Waals surface area contributed by atoms with Crippen molar-refractivity contribution in [1.82, 2.24) is 0 Å². The lowest BCUT2D eigenvalue weighted by Gasteiger charge is -2.08. The first kappa shape index (κ1) is 14.0. The number of nitrogens with one attached hydrogen (secondary N) is 1. The van der Waals surface area contributed by atoms with E-state index in [9.17, 15) is 9.18 Å². The van der Waals surface area contributed by atoms with Crippen LogP contribution in [0.4, 0.5) is 10.1 Å². The van der Waals surface area contributed by atoms with Gasteiger partial charge < -0.3 is 5.32 Å². The third-order valence-corrected chi connectivity index (χ3v) is 3.48. The third-order valence-electron chi connectivity index (χ3n) is 2.59. The van der Waals surface area contributed by atoms with E-state index in [1.807, 2.05) is 0 Å². The van der Waals surface area contributed by atoms with E-state index in [0.717, 1.165) is 0 Å². The normalized spacial score (nSPS) is 10.3. The van der Waals surface area contributed by atoms with Crippen molar-refractivity contribution in [2.24, 2.45) is 0 Å². The summed E-state index contributed by atoms with van der Waals surface area (Å²) in [4.78, 5) is 12.1. The molecule has 0 aromatic heterocycles. The van der Waals surface area contributed by atoms with Gasteiger partial charge in [-0.1, -0.05) is 11.6 Å². The number of hydrogen-bond donors (Lipinski definition) is 1. The molecule has 98 valence electrons. The Morgan fingerprint density at radius 1 is 1.26 bits per heavy atom. The summed E-state index contributed by atoms with van der Waals surface area (Å²) in [6, 6.07) is 9.32. The van der Waals surface area contributed by atoms with E-state index >= 15 is 0 Å². The van der Waals surface area contributed by atoms with E-state index in [1.165, 1.54) is 12.1 Å². The zero-order valence-electron chi connectivity index (χ0n) is 10.0. The molecule has 0 unspecified atom stereocenters. The number of carbonyl (C=O) groups is 1. The molecule has 0 aliphatic heterocycles. The van der Waals surface area contributed by atoms with E-state index in [2.05, 4.69) is 21.2 Å². The molecule has 0 spiro atoms. The molecule has 1 N–H and O–H groups in total. The van der Waals surface area contributed by atoms with Gasteiger partial charge in [0, 0.05) is 15.2 Å². The molecular weight excluding hydrogens is 333 g/mol. The minimum atomic E-state index is -0.300. The molecule has 0 heterocycles. The van der Waals surface area contributed by atoms with Gasteiger partial charge in [-0.05, 0) is 64.8 Å². The Morgan fingerprint density at radius 3 is 2.63 bits per heavy atom. The molecule has 0 aliphatic rings. The van der Waals surface area contributed by atoms with Crippen molar-refractivity contribution in [2.45, 2.75) is 6.92 Å². The van der Waals surface area contributed by atoms with Crippen molar-refractivity contribution >= 4 is 39.1 Å². The van der Waals surface area contributed by atoms with Crippen LogP contribution in [0, 0.1) is 12.7 Å². The van der Waals surface area contributed by atoms with Crippen LogP contribution in [0.3, 0.4) is 0 Å². The number of amides is 1. The van der Waals surface area contributed by atoms with Gasteiger partial charge in [0.05, 0.1) is 5.56 Å². The lowest BCUT2D eigenvalue weighted by Crippen LogP contribution is -2.12. The van der Waals surface area contributed by atoms with Gasteiger partial charge in [-0.3, -0.25) is 4.79 Å². The van der Waals surface area contributed by atoms with Crippen LogP contribution in [0.5, 0.6) is 0 Å². The number of hydrogen-bond acceptors (Lipinski definition) is 1. The molecule has 0 saturated carbocycles. The lowest BCUT2D eigenvalue weighted by atomic mass is 10.2. The van der Waals surface area contributed by atoms with Crippen molar-refractivity contribution in [3.8, 4) is 0 Å². The van der Waals surface area contributed by atoms with E-state index in [-0.39, 0.29) is 11.7 Å². The summed E-state index contributed by atoms with van der Waals surface area (Å²) in [5.41, 5.74) is 1.49. The Kier molecular flexibility index (Phi) is 4.22. The quantitative estimate of drug-likeness (QED) is 0.834. The zero-order chi connectivity index (χ0) is 14.0. The van der Waals surface area contributed by atoms with Crippen molar-refractivity contribution in [2.75, 3.05) is 5.32 Å². The highest BCUT2D eigenvalue weighted by Crippen LogP contribution is 2.23. The molecule has 19 heavy (non-hydrogen) atoms. The molecule has 2 rings (SSSR count). The maximum Gasteiger partial charge on any atom is 0.256 e. The Labute approximate surface area is 123 Å². The summed E-state index contributed by atoms with van der Waals surface area (Å²) in [5.74, 6) is -0.583. The molecule has 5 heteroatoms. The summed E-state index contributed by atoms with van der Waals surface area (Å²) in [6.45, 7) is 1.64. The molecular formula is C14H10BrClFNO. The maximum atomic E-state index is 13.1. The first-order valence-electron chi connectivity index (χ1n) is 5.50. The fourth-order valence-corrected chi connectivity index (χ4v) is 2.46. The van der Waals surface area contributed by atoms with Crippen LogP contribution >= 0.6 is 27.5 Å². The molecule has 2 nitrogen and oxygen atoms in total. The topological polar surface area (TPSA) is 29.1 Å². The molecule has 2 aromatic carbocycles. The van der Waals surface area contributed by atoms with Gasteiger partial charge in [0.25, 0.3) is 5.91 Å². The third kappa shape index (κ3) is 3.33. The second-order valence-electron chi connectivity index (χ2n) is 4.04. The maximum absolute atomic E-state index is 13.1. The SMILES string of the molecule is Cc1cc(NC(=O)c2ccc(Cl)cc2Br)ccc1F. The molecule has 0 bridgehead atoms. The molecule has 0 aliphatic carbocycles. The predicted molar refractivity (Wildman–Crippen MR) is 78.2 cm³/mol. The van der Waals surface area contributed by atoms with Crippen LogP contribution < -0.4 is 5.32 Å². The largest absolute Gasteiger partial charge is 0.322 e. The summed E-state index contributed by atoms with van der Waals surface area (Å²) in [5, 5.41) is 3.25. The number of aryl methyl sites for hydroxylation is 1. The van der Waals surface area contributed by atoms with Gasteiger partial charge in [-0.25, -0.2) is 4.39 Å². The average molecular weight is 343 g/mol. The van der Waals surface area contributed by atoms with Gasteiger partial charge in [0.2, 0.25) is 0 Å². The lowest BCUT2D eigenvalue weighted by molar-refractivity contribution is 0.102. The summed E-state index contributed by atoms with van der Waals surface area (Å²) in [7, 11) is 0. The summed E-state index contributed by atoms with van der Waals surface area (Å²) < 4.78 is 13.7. The van der Waals surface area contributed by atoms with Crippen LogP contribution in [0.2, 0.25) is 5.02 Å².